The van der Waals surface area contributed by atoms with Gasteiger partial charge in [-0.05, 0) is 81.9 Å². The van der Waals surface area contributed by atoms with Crippen LogP contribution in [0.3, 0.4) is 0 Å². The zero-order valence-electron chi connectivity index (χ0n) is 29.4. The first-order valence-corrected chi connectivity index (χ1v) is 18.3. The molecule has 0 saturated carbocycles. The minimum atomic E-state index is 0.475. The molecule has 0 fully saturated rings. The van der Waals surface area contributed by atoms with Crippen molar-refractivity contribution in [3.8, 4) is 67.4 Å². The van der Waals surface area contributed by atoms with Crippen LogP contribution in [0.2, 0.25) is 0 Å². The molecule has 5 nitrogen and oxygen atoms in total. The molecule has 11 rings (SSSR count). The van der Waals surface area contributed by atoms with Gasteiger partial charge in [0, 0.05) is 43.8 Å². The first kappa shape index (κ1) is 31.1. The third kappa shape index (κ3) is 5.33. The van der Waals surface area contributed by atoms with Gasteiger partial charge in [-0.2, -0.15) is 0 Å². The van der Waals surface area contributed by atoms with E-state index in [1.165, 1.54) is 0 Å². The predicted octanol–water partition coefficient (Wildman–Crippen LogP) is 13.9. The topological polar surface area (TPSA) is 65.2 Å². The van der Waals surface area contributed by atoms with E-state index < -0.39 is 0 Å². The minimum absolute atomic E-state index is 0.475. The number of nitrogens with zero attached hydrogens (tertiary/aromatic N) is 2. The van der Waals surface area contributed by atoms with Gasteiger partial charge in [0.25, 0.3) is 0 Å². The molecule has 0 radical (unpaired) electrons. The van der Waals surface area contributed by atoms with E-state index in [2.05, 4.69) is 132 Å². The molecule has 0 unspecified atom stereocenters. The van der Waals surface area contributed by atoms with Crippen molar-refractivity contribution in [2.75, 3.05) is 0 Å². The smallest absolute Gasteiger partial charge is 0.248 e. The van der Waals surface area contributed by atoms with Gasteiger partial charge in [-0.15, -0.1) is 10.2 Å². The highest BCUT2D eigenvalue weighted by molar-refractivity contribution is 6.10. The lowest BCUT2D eigenvalue weighted by molar-refractivity contribution is 0.584. The van der Waals surface area contributed by atoms with E-state index in [0.29, 0.717) is 11.8 Å². The largest absolute Gasteiger partial charge is 0.455 e. The second kappa shape index (κ2) is 12.6. The van der Waals surface area contributed by atoms with Crippen molar-refractivity contribution in [1.82, 2.24) is 10.2 Å². The summed E-state index contributed by atoms with van der Waals surface area (Å²) in [5.41, 5.74) is 14.1. The van der Waals surface area contributed by atoms with Gasteiger partial charge in [-0.25, -0.2) is 0 Å². The number of fused-ring (bicyclic) bond motifs is 6. The fourth-order valence-corrected chi connectivity index (χ4v) is 7.75. The molecule has 0 aliphatic heterocycles. The zero-order valence-corrected chi connectivity index (χ0v) is 29.4. The summed E-state index contributed by atoms with van der Waals surface area (Å²) in [6.07, 6.45) is 0. The summed E-state index contributed by atoms with van der Waals surface area (Å²) in [5.74, 6) is 0.951. The zero-order chi connectivity index (χ0) is 36.3. The second-order valence-electron chi connectivity index (χ2n) is 13.8. The number of benzene rings is 8. The highest BCUT2D eigenvalue weighted by atomic mass is 16.4. The Balaban J connectivity index is 0.835. The highest BCUT2D eigenvalue weighted by Crippen LogP contribution is 2.39. The lowest BCUT2D eigenvalue weighted by atomic mass is 9.97. The quantitative estimate of drug-likeness (QED) is 0.172. The van der Waals surface area contributed by atoms with Crippen LogP contribution in [0.4, 0.5) is 0 Å². The van der Waals surface area contributed by atoms with Crippen LogP contribution >= 0.6 is 0 Å². The molecule has 11 aromatic rings. The molecule has 8 aromatic carbocycles. The standard InChI is InChI=1S/C50H30N2O3/c1-3-19-45-41(13-1)43-17-7-15-39(47(43)53-45)37-11-5-9-35(29-37)31-21-25-33(26-22-31)49-51-52-50(55-49)34-27-23-32(24-28-34)36-10-6-12-38(30-36)40-16-8-18-44-42-14-2-4-20-46(42)54-48(40)44/h1-30H. The first-order chi connectivity index (χ1) is 27.2. The van der Waals surface area contributed by atoms with Gasteiger partial charge in [0.1, 0.15) is 22.3 Å². The molecule has 3 aromatic heterocycles. The number of hydrogen-bond acceptors (Lipinski definition) is 5. The van der Waals surface area contributed by atoms with E-state index in [1.807, 2.05) is 60.7 Å². The Labute approximate surface area is 315 Å². The first-order valence-electron chi connectivity index (χ1n) is 18.3. The van der Waals surface area contributed by atoms with Crippen molar-refractivity contribution >= 4 is 43.9 Å². The van der Waals surface area contributed by atoms with Gasteiger partial charge in [0.15, 0.2) is 0 Å². The molecule has 258 valence electrons. The molecule has 5 heteroatoms. The SMILES string of the molecule is c1cc(-c2ccc(-c3nnc(-c4ccc(-c5cccc(-c6cccc7c6oc6ccccc67)c5)cc4)o3)cc2)cc(-c2cccc3c2oc2ccccc23)c1. The van der Waals surface area contributed by atoms with E-state index in [9.17, 15) is 0 Å². The van der Waals surface area contributed by atoms with Crippen LogP contribution in [-0.4, -0.2) is 10.2 Å². The summed E-state index contributed by atoms with van der Waals surface area (Å²) >= 11 is 0. The number of furan rings is 2. The predicted molar refractivity (Wildman–Crippen MR) is 221 cm³/mol. The van der Waals surface area contributed by atoms with E-state index in [0.717, 1.165) is 99.5 Å². The third-order valence-corrected chi connectivity index (χ3v) is 10.5. The van der Waals surface area contributed by atoms with Crippen molar-refractivity contribution in [1.29, 1.82) is 0 Å². The molecule has 0 atom stereocenters. The van der Waals surface area contributed by atoms with Crippen molar-refractivity contribution in [3.63, 3.8) is 0 Å². The van der Waals surface area contributed by atoms with Crippen LogP contribution in [0.15, 0.2) is 195 Å². The van der Waals surface area contributed by atoms with Crippen molar-refractivity contribution in [3.05, 3.63) is 182 Å². The lowest BCUT2D eigenvalue weighted by Crippen LogP contribution is -1.83. The maximum Gasteiger partial charge on any atom is 0.248 e. The summed E-state index contributed by atoms with van der Waals surface area (Å²) in [6.45, 7) is 0. The average Bonchev–Trinajstić information content (AvgIpc) is 4.00. The van der Waals surface area contributed by atoms with E-state index in [-0.39, 0.29) is 0 Å². The van der Waals surface area contributed by atoms with Crippen LogP contribution in [0.1, 0.15) is 0 Å². The molecule has 0 bridgehead atoms. The fraction of sp³-hybridized carbons (Fsp3) is 0. The Hall–Kier alpha value is -7.50. The summed E-state index contributed by atoms with van der Waals surface area (Å²) < 4.78 is 18.8. The van der Waals surface area contributed by atoms with Crippen LogP contribution in [0.5, 0.6) is 0 Å². The molecule has 0 aliphatic rings. The van der Waals surface area contributed by atoms with Gasteiger partial charge in [0.2, 0.25) is 11.8 Å². The minimum Gasteiger partial charge on any atom is -0.455 e. The molecule has 0 spiro atoms. The van der Waals surface area contributed by atoms with Gasteiger partial charge < -0.3 is 13.3 Å². The molecule has 0 aliphatic carbocycles. The Morgan fingerprint density at radius 2 is 0.655 bits per heavy atom. The number of para-hydroxylation sites is 4. The van der Waals surface area contributed by atoms with Crippen LogP contribution in [0, 0.1) is 0 Å². The van der Waals surface area contributed by atoms with Crippen LogP contribution in [0.25, 0.3) is 111 Å². The molecular formula is C50H30N2O3. The normalized spacial score (nSPS) is 11.6. The van der Waals surface area contributed by atoms with Crippen molar-refractivity contribution in [2.45, 2.75) is 0 Å². The summed E-state index contributed by atoms with van der Waals surface area (Å²) in [4.78, 5) is 0. The van der Waals surface area contributed by atoms with Gasteiger partial charge >= 0.3 is 0 Å². The third-order valence-electron chi connectivity index (χ3n) is 10.5. The molecule has 55 heavy (non-hydrogen) atoms. The Morgan fingerprint density at radius 1 is 0.273 bits per heavy atom. The number of rotatable bonds is 6. The monoisotopic (exact) mass is 706 g/mol. The summed E-state index contributed by atoms with van der Waals surface area (Å²) in [5, 5.41) is 13.3. The number of aromatic nitrogens is 2. The lowest BCUT2D eigenvalue weighted by Gasteiger charge is -2.07. The van der Waals surface area contributed by atoms with Gasteiger partial charge in [0.05, 0.1) is 0 Å². The molecule has 0 N–H and O–H groups in total. The Bertz CT molecular complexity index is 2990. The van der Waals surface area contributed by atoms with Gasteiger partial charge in [-0.1, -0.05) is 133 Å². The van der Waals surface area contributed by atoms with Crippen molar-refractivity contribution < 1.29 is 13.3 Å². The summed E-state index contributed by atoms with van der Waals surface area (Å²) in [6, 6.07) is 62.7. The van der Waals surface area contributed by atoms with Gasteiger partial charge in [-0.3, -0.25) is 0 Å². The maximum absolute atomic E-state index is 6.32. The molecule has 0 saturated heterocycles. The molecule has 3 heterocycles. The number of hydrogen-bond donors (Lipinski definition) is 0. The molecule has 0 amide bonds. The van der Waals surface area contributed by atoms with Crippen LogP contribution in [-0.2, 0) is 0 Å². The van der Waals surface area contributed by atoms with E-state index in [4.69, 9.17) is 13.3 Å². The summed E-state index contributed by atoms with van der Waals surface area (Å²) in [7, 11) is 0. The van der Waals surface area contributed by atoms with Crippen molar-refractivity contribution in [2.24, 2.45) is 0 Å². The fourth-order valence-electron chi connectivity index (χ4n) is 7.75. The maximum atomic E-state index is 6.32. The van der Waals surface area contributed by atoms with E-state index in [1.54, 1.807) is 0 Å². The van der Waals surface area contributed by atoms with E-state index >= 15 is 0 Å². The second-order valence-corrected chi connectivity index (χ2v) is 13.8. The Morgan fingerprint density at radius 3 is 1.13 bits per heavy atom. The Kier molecular flexibility index (Phi) is 7.10. The highest BCUT2D eigenvalue weighted by Gasteiger charge is 2.16. The molecular weight excluding hydrogens is 677 g/mol. The van der Waals surface area contributed by atoms with Crippen LogP contribution < -0.4 is 0 Å². The average molecular weight is 707 g/mol.